The van der Waals surface area contributed by atoms with Crippen LogP contribution in [-0.4, -0.2) is 9.78 Å². The molecule has 0 bridgehead atoms. The number of benzene rings is 1. The number of anilines is 2. The van der Waals surface area contributed by atoms with E-state index in [1.165, 1.54) is 5.56 Å². The van der Waals surface area contributed by atoms with Gasteiger partial charge in [0.15, 0.2) is 0 Å². The van der Waals surface area contributed by atoms with E-state index in [2.05, 4.69) is 29.4 Å². The molecule has 0 saturated carbocycles. The van der Waals surface area contributed by atoms with Gasteiger partial charge in [0.25, 0.3) is 0 Å². The first-order chi connectivity index (χ1) is 7.75. The third kappa shape index (κ3) is 2.53. The Morgan fingerprint density at radius 2 is 1.88 bits per heavy atom. The van der Waals surface area contributed by atoms with Crippen LogP contribution in [0.25, 0.3) is 0 Å². The van der Waals surface area contributed by atoms with E-state index >= 15 is 0 Å². The molecule has 1 heterocycles. The van der Waals surface area contributed by atoms with Crippen LogP contribution in [0.3, 0.4) is 0 Å². The number of nitrogen functional groups attached to an aromatic ring is 2. The van der Waals surface area contributed by atoms with Gasteiger partial charge in [-0.25, -0.2) is 4.68 Å². The zero-order chi connectivity index (χ0) is 11.4. The number of rotatable bonds is 4. The molecule has 16 heavy (non-hydrogen) atoms. The summed E-state index contributed by atoms with van der Waals surface area (Å²) in [5.41, 5.74) is 12.6. The maximum absolute atomic E-state index is 5.74. The SMILES string of the molecule is Nc1cc(N)n(CCCc2ccccc2)n1. The molecule has 2 aromatic rings. The predicted octanol–water partition coefficient (Wildman–Crippen LogP) is 1.68. The van der Waals surface area contributed by atoms with Crippen molar-refractivity contribution in [3.63, 3.8) is 0 Å². The van der Waals surface area contributed by atoms with Crippen molar-refractivity contribution in [3.05, 3.63) is 42.0 Å². The summed E-state index contributed by atoms with van der Waals surface area (Å²) < 4.78 is 1.75. The van der Waals surface area contributed by atoms with Crippen LogP contribution in [0.5, 0.6) is 0 Å². The van der Waals surface area contributed by atoms with Crippen LogP contribution >= 0.6 is 0 Å². The third-order valence-corrected chi connectivity index (χ3v) is 2.51. The first kappa shape index (κ1) is 10.5. The topological polar surface area (TPSA) is 69.9 Å². The molecule has 84 valence electrons. The molecular formula is C12H16N4. The molecule has 4 heteroatoms. The van der Waals surface area contributed by atoms with E-state index in [-0.39, 0.29) is 0 Å². The quantitative estimate of drug-likeness (QED) is 0.817. The molecule has 0 fully saturated rings. The van der Waals surface area contributed by atoms with Crippen molar-refractivity contribution in [1.29, 1.82) is 0 Å². The zero-order valence-corrected chi connectivity index (χ0v) is 9.13. The average molecular weight is 216 g/mol. The molecule has 0 unspecified atom stereocenters. The van der Waals surface area contributed by atoms with Gasteiger partial charge in [-0.3, -0.25) is 0 Å². The number of aryl methyl sites for hydroxylation is 2. The predicted molar refractivity (Wildman–Crippen MR) is 65.8 cm³/mol. The minimum Gasteiger partial charge on any atom is -0.384 e. The van der Waals surface area contributed by atoms with Gasteiger partial charge in [0.05, 0.1) is 0 Å². The summed E-state index contributed by atoms with van der Waals surface area (Å²) in [7, 11) is 0. The number of hydrogen-bond donors (Lipinski definition) is 2. The second kappa shape index (κ2) is 4.70. The van der Waals surface area contributed by atoms with Gasteiger partial charge < -0.3 is 11.5 Å². The second-order valence-electron chi connectivity index (χ2n) is 3.81. The van der Waals surface area contributed by atoms with E-state index in [1.54, 1.807) is 10.7 Å². The molecule has 0 aliphatic rings. The first-order valence-corrected chi connectivity index (χ1v) is 5.38. The van der Waals surface area contributed by atoms with Crippen LogP contribution in [0.4, 0.5) is 11.6 Å². The lowest BCUT2D eigenvalue weighted by Crippen LogP contribution is -2.05. The van der Waals surface area contributed by atoms with Crippen molar-refractivity contribution in [2.45, 2.75) is 19.4 Å². The highest BCUT2D eigenvalue weighted by molar-refractivity contribution is 5.41. The standard InChI is InChI=1S/C12H16N4/c13-11-9-12(14)16(15-11)8-4-7-10-5-2-1-3-6-10/h1-3,5-6,9H,4,7-8,14H2,(H2,13,15). The lowest BCUT2D eigenvalue weighted by atomic mass is 10.1. The van der Waals surface area contributed by atoms with Crippen molar-refractivity contribution < 1.29 is 0 Å². The van der Waals surface area contributed by atoms with Crippen molar-refractivity contribution in [2.24, 2.45) is 0 Å². The number of nitrogens with two attached hydrogens (primary N) is 2. The fourth-order valence-electron chi connectivity index (χ4n) is 1.71. The Balaban J connectivity index is 1.87. The maximum atomic E-state index is 5.74. The van der Waals surface area contributed by atoms with Gasteiger partial charge in [-0.05, 0) is 18.4 Å². The molecule has 2 rings (SSSR count). The van der Waals surface area contributed by atoms with Crippen molar-refractivity contribution in [1.82, 2.24) is 9.78 Å². The first-order valence-electron chi connectivity index (χ1n) is 5.38. The highest BCUT2D eigenvalue weighted by Crippen LogP contribution is 2.10. The smallest absolute Gasteiger partial charge is 0.147 e. The third-order valence-electron chi connectivity index (χ3n) is 2.51. The monoisotopic (exact) mass is 216 g/mol. The van der Waals surface area contributed by atoms with E-state index < -0.39 is 0 Å². The van der Waals surface area contributed by atoms with Crippen LogP contribution < -0.4 is 11.5 Å². The van der Waals surface area contributed by atoms with Crippen LogP contribution in [0.1, 0.15) is 12.0 Å². The molecule has 0 radical (unpaired) electrons. The minimum absolute atomic E-state index is 0.484. The summed E-state index contributed by atoms with van der Waals surface area (Å²) in [5, 5.41) is 4.11. The Morgan fingerprint density at radius 1 is 1.12 bits per heavy atom. The van der Waals surface area contributed by atoms with Crippen molar-refractivity contribution >= 4 is 11.6 Å². The van der Waals surface area contributed by atoms with Crippen LogP contribution in [0.2, 0.25) is 0 Å². The molecule has 0 aliphatic heterocycles. The normalized spacial score (nSPS) is 10.5. The Bertz CT molecular complexity index is 447. The Hall–Kier alpha value is -1.97. The van der Waals surface area contributed by atoms with Gasteiger partial charge in [0.1, 0.15) is 11.6 Å². The summed E-state index contributed by atoms with van der Waals surface area (Å²) in [4.78, 5) is 0. The summed E-state index contributed by atoms with van der Waals surface area (Å²) in [6.07, 6.45) is 2.04. The maximum Gasteiger partial charge on any atom is 0.147 e. The lowest BCUT2D eigenvalue weighted by Gasteiger charge is -2.03. The molecule has 1 aromatic heterocycles. The van der Waals surface area contributed by atoms with Crippen LogP contribution in [-0.2, 0) is 13.0 Å². The number of aromatic nitrogens is 2. The molecule has 0 amide bonds. The molecule has 1 aromatic carbocycles. The Labute approximate surface area is 94.9 Å². The summed E-state index contributed by atoms with van der Waals surface area (Å²) in [6, 6.07) is 12.1. The van der Waals surface area contributed by atoms with Crippen molar-refractivity contribution in [3.8, 4) is 0 Å². The molecule has 4 N–H and O–H groups in total. The van der Waals surface area contributed by atoms with Gasteiger partial charge >= 0.3 is 0 Å². The highest BCUT2D eigenvalue weighted by atomic mass is 15.3. The highest BCUT2D eigenvalue weighted by Gasteiger charge is 2.01. The van der Waals surface area contributed by atoms with Gasteiger partial charge in [0.2, 0.25) is 0 Å². The Kier molecular flexibility index (Phi) is 3.10. The molecule has 0 saturated heterocycles. The van der Waals surface area contributed by atoms with E-state index in [0.29, 0.717) is 11.6 Å². The second-order valence-corrected chi connectivity index (χ2v) is 3.81. The fourth-order valence-corrected chi connectivity index (χ4v) is 1.71. The molecular weight excluding hydrogens is 200 g/mol. The van der Waals surface area contributed by atoms with Gasteiger partial charge in [0, 0.05) is 12.6 Å². The zero-order valence-electron chi connectivity index (χ0n) is 9.13. The van der Waals surface area contributed by atoms with Crippen LogP contribution in [0.15, 0.2) is 36.4 Å². The Morgan fingerprint density at radius 3 is 2.50 bits per heavy atom. The van der Waals surface area contributed by atoms with E-state index in [4.69, 9.17) is 11.5 Å². The average Bonchev–Trinajstić information content (AvgIpc) is 2.59. The summed E-state index contributed by atoms with van der Waals surface area (Å²) in [5.74, 6) is 1.11. The molecule has 0 aliphatic carbocycles. The largest absolute Gasteiger partial charge is 0.384 e. The van der Waals surface area contributed by atoms with Gasteiger partial charge in [-0.1, -0.05) is 30.3 Å². The number of nitrogens with zero attached hydrogens (tertiary/aromatic N) is 2. The number of hydrogen-bond acceptors (Lipinski definition) is 3. The van der Waals surface area contributed by atoms with E-state index in [1.807, 2.05) is 6.07 Å². The van der Waals surface area contributed by atoms with Crippen LogP contribution in [0, 0.1) is 0 Å². The lowest BCUT2D eigenvalue weighted by molar-refractivity contribution is 0.588. The van der Waals surface area contributed by atoms with Gasteiger partial charge in [-0.2, -0.15) is 5.10 Å². The van der Waals surface area contributed by atoms with Gasteiger partial charge in [-0.15, -0.1) is 0 Å². The van der Waals surface area contributed by atoms with E-state index in [0.717, 1.165) is 19.4 Å². The minimum atomic E-state index is 0.484. The van der Waals surface area contributed by atoms with E-state index in [9.17, 15) is 0 Å². The molecule has 0 atom stereocenters. The van der Waals surface area contributed by atoms with Crippen molar-refractivity contribution in [2.75, 3.05) is 11.5 Å². The summed E-state index contributed by atoms with van der Waals surface area (Å²) >= 11 is 0. The molecule has 4 nitrogen and oxygen atoms in total. The fraction of sp³-hybridized carbons (Fsp3) is 0.250. The summed E-state index contributed by atoms with van der Waals surface area (Å²) in [6.45, 7) is 0.803. The molecule has 0 spiro atoms.